The average Bonchev–Trinajstić information content (AvgIpc) is 2.38. The quantitative estimate of drug-likeness (QED) is 0.816. The van der Waals surface area contributed by atoms with E-state index >= 15 is 0 Å². The molecule has 4 nitrogen and oxygen atoms in total. The number of benzene rings is 1. The lowest BCUT2D eigenvalue weighted by Gasteiger charge is -2.13. The van der Waals surface area contributed by atoms with Gasteiger partial charge in [0.25, 0.3) is 0 Å². The molecule has 0 atom stereocenters. The molecule has 1 aliphatic carbocycles. The SMILES string of the molecule is O=C(CC1=CCCCC1)Nc1cc(Br)cc(C(=O)O)c1. The third-order valence-electron chi connectivity index (χ3n) is 3.20. The summed E-state index contributed by atoms with van der Waals surface area (Å²) in [5.74, 6) is -1.12. The summed E-state index contributed by atoms with van der Waals surface area (Å²) in [6.07, 6.45) is 6.87. The highest BCUT2D eigenvalue weighted by Crippen LogP contribution is 2.22. The lowest BCUT2D eigenvalue weighted by atomic mass is 9.97. The molecule has 0 saturated heterocycles. The highest BCUT2D eigenvalue weighted by atomic mass is 79.9. The molecule has 2 N–H and O–H groups in total. The van der Waals surface area contributed by atoms with E-state index in [1.165, 1.54) is 24.1 Å². The summed E-state index contributed by atoms with van der Waals surface area (Å²) in [7, 11) is 0. The number of carbonyl (C=O) groups is 2. The Hall–Kier alpha value is -1.62. The lowest BCUT2D eigenvalue weighted by Crippen LogP contribution is -2.13. The first-order chi connectivity index (χ1) is 9.54. The standard InChI is InChI=1S/C15H16BrNO3/c16-12-7-11(15(19)20)8-13(9-12)17-14(18)6-10-4-2-1-3-5-10/h4,7-9H,1-3,5-6H2,(H,17,18)(H,19,20). The number of carboxylic acid groups (broad SMARTS) is 1. The molecular weight excluding hydrogens is 322 g/mol. The van der Waals surface area contributed by atoms with Crippen LogP contribution in [0.1, 0.15) is 42.5 Å². The highest BCUT2D eigenvalue weighted by Gasteiger charge is 2.11. The predicted octanol–water partition coefficient (Wildman–Crippen LogP) is 3.98. The Morgan fingerprint density at radius 1 is 1.25 bits per heavy atom. The number of carbonyl (C=O) groups excluding carboxylic acids is 1. The summed E-state index contributed by atoms with van der Waals surface area (Å²) < 4.78 is 0.629. The second kappa shape index (κ2) is 6.70. The Morgan fingerprint density at radius 3 is 2.70 bits per heavy atom. The van der Waals surface area contributed by atoms with Crippen LogP contribution in [0.3, 0.4) is 0 Å². The van der Waals surface area contributed by atoms with E-state index in [-0.39, 0.29) is 11.5 Å². The van der Waals surface area contributed by atoms with Crippen molar-refractivity contribution in [2.45, 2.75) is 32.1 Å². The average molecular weight is 338 g/mol. The first-order valence-electron chi connectivity index (χ1n) is 6.56. The molecule has 5 heteroatoms. The summed E-state index contributed by atoms with van der Waals surface area (Å²) in [5, 5.41) is 11.7. The zero-order chi connectivity index (χ0) is 14.5. The van der Waals surface area contributed by atoms with Crippen molar-refractivity contribution in [2.75, 3.05) is 5.32 Å². The second-order valence-electron chi connectivity index (χ2n) is 4.87. The van der Waals surface area contributed by atoms with Crippen LogP contribution in [0.5, 0.6) is 0 Å². The molecule has 0 fully saturated rings. The van der Waals surface area contributed by atoms with Crippen LogP contribution in [-0.2, 0) is 4.79 Å². The summed E-state index contributed by atoms with van der Waals surface area (Å²) in [5.41, 5.74) is 1.81. The molecule has 1 aliphatic rings. The number of allylic oxidation sites excluding steroid dienone is 1. The van der Waals surface area contributed by atoms with Gasteiger partial charge in [-0.2, -0.15) is 0 Å². The highest BCUT2D eigenvalue weighted by molar-refractivity contribution is 9.10. The zero-order valence-electron chi connectivity index (χ0n) is 11.0. The van der Waals surface area contributed by atoms with Crippen LogP contribution in [0.15, 0.2) is 34.3 Å². The third kappa shape index (κ3) is 4.20. The minimum atomic E-state index is -1.02. The molecule has 0 aliphatic heterocycles. The molecule has 0 heterocycles. The molecule has 0 aromatic heterocycles. The normalized spacial score (nSPS) is 14.6. The zero-order valence-corrected chi connectivity index (χ0v) is 12.6. The minimum absolute atomic E-state index is 0.104. The van der Waals surface area contributed by atoms with Crippen LogP contribution in [-0.4, -0.2) is 17.0 Å². The van der Waals surface area contributed by atoms with Gasteiger partial charge in [0.15, 0.2) is 0 Å². The Morgan fingerprint density at radius 2 is 2.05 bits per heavy atom. The van der Waals surface area contributed by atoms with Crippen LogP contribution in [0.25, 0.3) is 0 Å². The number of hydrogen-bond donors (Lipinski definition) is 2. The first-order valence-corrected chi connectivity index (χ1v) is 7.35. The van der Waals surface area contributed by atoms with Crippen molar-refractivity contribution in [2.24, 2.45) is 0 Å². The van der Waals surface area contributed by atoms with E-state index in [9.17, 15) is 9.59 Å². The Kier molecular flexibility index (Phi) is 4.95. The van der Waals surface area contributed by atoms with E-state index < -0.39 is 5.97 Å². The van der Waals surface area contributed by atoms with Crippen LogP contribution in [0.4, 0.5) is 5.69 Å². The number of aromatic carboxylic acids is 1. The van der Waals surface area contributed by atoms with Gasteiger partial charge in [0, 0.05) is 16.6 Å². The van der Waals surface area contributed by atoms with Crippen LogP contribution in [0.2, 0.25) is 0 Å². The van der Waals surface area contributed by atoms with Gasteiger partial charge in [-0.05, 0) is 43.9 Å². The van der Waals surface area contributed by atoms with Crippen molar-refractivity contribution in [3.05, 3.63) is 39.9 Å². The molecule has 2 rings (SSSR count). The van der Waals surface area contributed by atoms with E-state index in [1.807, 2.05) is 0 Å². The molecular formula is C15H16BrNO3. The fourth-order valence-electron chi connectivity index (χ4n) is 2.26. The number of anilines is 1. The summed E-state index contributed by atoms with van der Waals surface area (Å²) >= 11 is 3.24. The van der Waals surface area contributed by atoms with Crippen LogP contribution in [0, 0.1) is 0 Å². The Labute approximate surface area is 126 Å². The van der Waals surface area contributed by atoms with Gasteiger partial charge in [-0.3, -0.25) is 4.79 Å². The molecule has 1 aromatic carbocycles. The summed E-state index contributed by atoms with van der Waals surface area (Å²) in [6.45, 7) is 0. The van der Waals surface area contributed by atoms with Gasteiger partial charge in [-0.1, -0.05) is 27.6 Å². The fraction of sp³-hybridized carbons (Fsp3) is 0.333. The molecule has 20 heavy (non-hydrogen) atoms. The Balaban J connectivity index is 2.03. The molecule has 1 aromatic rings. The van der Waals surface area contributed by atoms with Gasteiger partial charge in [-0.25, -0.2) is 4.79 Å². The molecule has 0 radical (unpaired) electrons. The van der Waals surface area contributed by atoms with E-state index in [4.69, 9.17) is 5.11 Å². The van der Waals surface area contributed by atoms with Gasteiger partial charge in [0.05, 0.1) is 5.56 Å². The van der Waals surface area contributed by atoms with E-state index in [1.54, 1.807) is 6.07 Å². The van der Waals surface area contributed by atoms with Crippen LogP contribution < -0.4 is 5.32 Å². The molecule has 106 valence electrons. The van der Waals surface area contributed by atoms with E-state index in [2.05, 4.69) is 27.3 Å². The lowest BCUT2D eigenvalue weighted by molar-refractivity contribution is -0.115. The number of amides is 1. The summed E-state index contributed by atoms with van der Waals surface area (Å²) in [4.78, 5) is 22.9. The fourth-order valence-corrected chi connectivity index (χ4v) is 2.76. The summed E-state index contributed by atoms with van der Waals surface area (Å²) in [6, 6.07) is 4.65. The van der Waals surface area contributed by atoms with Crippen molar-refractivity contribution < 1.29 is 14.7 Å². The van der Waals surface area contributed by atoms with Gasteiger partial charge >= 0.3 is 5.97 Å². The van der Waals surface area contributed by atoms with Gasteiger partial charge < -0.3 is 10.4 Å². The minimum Gasteiger partial charge on any atom is -0.478 e. The number of hydrogen-bond acceptors (Lipinski definition) is 2. The van der Waals surface area contributed by atoms with E-state index in [0.717, 1.165) is 19.3 Å². The maximum atomic E-state index is 12.0. The van der Waals surface area contributed by atoms with Crippen molar-refractivity contribution in [3.8, 4) is 0 Å². The third-order valence-corrected chi connectivity index (χ3v) is 3.66. The molecule has 1 amide bonds. The second-order valence-corrected chi connectivity index (χ2v) is 5.78. The van der Waals surface area contributed by atoms with Gasteiger partial charge in [0.1, 0.15) is 0 Å². The molecule has 0 saturated carbocycles. The van der Waals surface area contributed by atoms with Crippen molar-refractivity contribution in [1.29, 1.82) is 0 Å². The number of halogens is 1. The molecule has 0 spiro atoms. The van der Waals surface area contributed by atoms with Crippen molar-refractivity contribution >= 4 is 33.5 Å². The monoisotopic (exact) mass is 337 g/mol. The Bertz CT molecular complexity index is 566. The maximum Gasteiger partial charge on any atom is 0.335 e. The first kappa shape index (κ1) is 14.8. The number of nitrogens with one attached hydrogen (secondary N) is 1. The van der Waals surface area contributed by atoms with Crippen molar-refractivity contribution in [3.63, 3.8) is 0 Å². The number of rotatable bonds is 4. The van der Waals surface area contributed by atoms with E-state index in [0.29, 0.717) is 16.6 Å². The largest absolute Gasteiger partial charge is 0.478 e. The van der Waals surface area contributed by atoms with Gasteiger partial charge in [-0.15, -0.1) is 0 Å². The number of carboxylic acids is 1. The maximum absolute atomic E-state index is 12.0. The molecule has 0 unspecified atom stereocenters. The predicted molar refractivity (Wildman–Crippen MR) is 80.9 cm³/mol. The topological polar surface area (TPSA) is 66.4 Å². The van der Waals surface area contributed by atoms with Crippen LogP contribution >= 0.6 is 15.9 Å². The molecule has 0 bridgehead atoms. The smallest absolute Gasteiger partial charge is 0.335 e. The van der Waals surface area contributed by atoms with Crippen molar-refractivity contribution in [1.82, 2.24) is 0 Å². The van der Waals surface area contributed by atoms with Gasteiger partial charge in [0.2, 0.25) is 5.91 Å².